The maximum Gasteiger partial charge on any atom is 0.143 e. The van der Waals surface area contributed by atoms with Crippen molar-refractivity contribution < 1.29 is 4.42 Å². The highest BCUT2D eigenvalue weighted by Crippen LogP contribution is 2.52. The molecule has 1 heterocycles. The van der Waals surface area contributed by atoms with Crippen molar-refractivity contribution in [3.63, 3.8) is 0 Å². The molecule has 1 aliphatic carbocycles. The first-order chi connectivity index (χ1) is 28.0. The van der Waals surface area contributed by atoms with E-state index >= 15 is 0 Å². The van der Waals surface area contributed by atoms with Crippen molar-refractivity contribution >= 4 is 49.8 Å². The second-order valence-corrected chi connectivity index (χ2v) is 15.7. The van der Waals surface area contributed by atoms with Crippen molar-refractivity contribution in [2.75, 3.05) is 4.90 Å². The molecule has 2 nitrogen and oxygen atoms in total. The van der Waals surface area contributed by atoms with E-state index in [2.05, 4.69) is 219 Å². The van der Waals surface area contributed by atoms with E-state index in [4.69, 9.17) is 4.42 Å². The first-order valence-electron chi connectivity index (χ1n) is 19.8. The van der Waals surface area contributed by atoms with Gasteiger partial charge < -0.3 is 9.32 Å². The van der Waals surface area contributed by atoms with E-state index in [0.29, 0.717) is 0 Å². The molecule has 10 aromatic rings. The van der Waals surface area contributed by atoms with E-state index in [9.17, 15) is 0 Å². The average molecular weight is 730 g/mol. The number of nitrogens with zero attached hydrogens (tertiary/aromatic N) is 1. The summed E-state index contributed by atoms with van der Waals surface area (Å²) in [7, 11) is 0. The fourth-order valence-corrected chi connectivity index (χ4v) is 9.22. The third-order valence-corrected chi connectivity index (χ3v) is 12.1. The molecule has 2 heteroatoms. The molecule has 0 aliphatic heterocycles. The summed E-state index contributed by atoms with van der Waals surface area (Å²) in [5.74, 6) is 0. The Kier molecular flexibility index (Phi) is 7.55. The van der Waals surface area contributed by atoms with E-state index < -0.39 is 0 Å². The van der Waals surface area contributed by atoms with Crippen LogP contribution in [0.1, 0.15) is 25.0 Å². The highest BCUT2D eigenvalue weighted by molar-refractivity contribution is 6.22. The summed E-state index contributed by atoms with van der Waals surface area (Å²) in [6, 6.07) is 72.5. The van der Waals surface area contributed by atoms with E-state index in [1.54, 1.807) is 0 Å². The molecule has 57 heavy (non-hydrogen) atoms. The molecule has 0 spiro atoms. The number of furan rings is 1. The summed E-state index contributed by atoms with van der Waals surface area (Å²) in [4.78, 5) is 2.43. The fourth-order valence-electron chi connectivity index (χ4n) is 9.22. The quantitative estimate of drug-likeness (QED) is 0.169. The Labute approximate surface area is 332 Å². The largest absolute Gasteiger partial charge is 0.455 e. The lowest BCUT2D eigenvalue weighted by Crippen LogP contribution is -2.16. The minimum Gasteiger partial charge on any atom is -0.455 e. The van der Waals surface area contributed by atoms with Gasteiger partial charge in [0.15, 0.2) is 0 Å². The summed E-state index contributed by atoms with van der Waals surface area (Å²) in [6.45, 7) is 4.70. The lowest BCUT2D eigenvalue weighted by Gasteiger charge is -2.29. The van der Waals surface area contributed by atoms with Crippen LogP contribution in [0.25, 0.3) is 77.2 Å². The molecule has 270 valence electrons. The number of hydrogen-bond acceptors (Lipinski definition) is 2. The molecule has 0 radical (unpaired) electrons. The van der Waals surface area contributed by atoms with Crippen LogP contribution >= 0.6 is 0 Å². The Balaban J connectivity index is 1.14. The third-order valence-electron chi connectivity index (χ3n) is 12.1. The molecule has 11 rings (SSSR count). The number of benzene rings is 9. The van der Waals surface area contributed by atoms with Crippen molar-refractivity contribution in [1.82, 2.24) is 0 Å². The Morgan fingerprint density at radius 3 is 1.67 bits per heavy atom. The predicted octanol–water partition coefficient (Wildman–Crippen LogP) is 15.5. The van der Waals surface area contributed by atoms with Crippen molar-refractivity contribution in [2.45, 2.75) is 19.3 Å². The lowest BCUT2D eigenvalue weighted by atomic mass is 9.82. The van der Waals surface area contributed by atoms with Gasteiger partial charge in [-0.25, -0.2) is 0 Å². The third kappa shape index (κ3) is 5.33. The van der Waals surface area contributed by atoms with Crippen LogP contribution in [-0.4, -0.2) is 0 Å². The van der Waals surface area contributed by atoms with Crippen LogP contribution in [0.3, 0.4) is 0 Å². The second kappa shape index (κ2) is 13.0. The van der Waals surface area contributed by atoms with Crippen LogP contribution in [0, 0.1) is 0 Å². The average Bonchev–Trinajstić information content (AvgIpc) is 3.77. The van der Waals surface area contributed by atoms with E-state index in [1.165, 1.54) is 61.0 Å². The molecule has 0 unspecified atom stereocenters. The normalized spacial score (nSPS) is 12.9. The first kappa shape index (κ1) is 33.2. The van der Waals surface area contributed by atoms with Gasteiger partial charge in [-0.3, -0.25) is 0 Å². The minimum atomic E-state index is -0.136. The van der Waals surface area contributed by atoms with Crippen LogP contribution < -0.4 is 4.90 Å². The van der Waals surface area contributed by atoms with Crippen LogP contribution in [0.2, 0.25) is 0 Å². The second-order valence-electron chi connectivity index (χ2n) is 15.7. The number of fused-ring (bicyclic) bond motifs is 8. The van der Waals surface area contributed by atoms with Gasteiger partial charge in [0.25, 0.3) is 0 Å². The van der Waals surface area contributed by atoms with Crippen molar-refractivity contribution in [1.29, 1.82) is 0 Å². The van der Waals surface area contributed by atoms with Crippen LogP contribution in [0.4, 0.5) is 17.1 Å². The molecule has 0 amide bonds. The molecular formula is C55H39NO. The Bertz CT molecular complexity index is 3120. The van der Waals surface area contributed by atoms with Crippen LogP contribution in [0.5, 0.6) is 0 Å². The molecule has 0 bridgehead atoms. The van der Waals surface area contributed by atoms with Gasteiger partial charge in [-0.05, 0) is 103 Å². The van der Waals surface area contributed by atoms with Crippen molar-refractivity contribution in [3.8, 4) is 44.5 Å². The first-order valence-corrected chi connectivity index (χ1v) is 19.8. The smallest absolute Gasteiger partial charge is 0.143 e. The molecule has 0 saturated heterocycles. The highest BCUT2D eigenvalue weighted by Gasteiger charge is 2.36. The molecule has 1 aliphatic rings. The maximum absolute atomic E-state index is 6.90. The lowest BCUT2D eigenvalue weighted by molar-refractivity contribution is 0.660. The zero-order valence-corrected chi connectivity index (χ0v) is 31.9. The highest BCUT2D eigenvalue weighted by atomic mass is 16.3. The molecule has 1 aromatic heterocycles. The summed E-state index contributed by atoms with van der Waals surface area (Å²) < 4.78 is 6.90. The van der Waals surface area contributed by atoms with Crippen molar-refractivity contribution in [2.24, 2.45) is 0 Å². The Hall–Kier alpha value is -7.16. The van der Waals surface area contributed by atoms with Gasteiger partial charge in [0.1, 0.15) is 11.2 Å². The number of hydrogen-bond donors (Lipinski definition) is 0. The molecule has 0 fully saturated rings. The summed E-state index contributed by atoms with van der Waals surface area (Å²) in [5, 5.41) is 4.47. The van der Waals surface area contributed by atoms with Crippen molar-refractivity contribution in [3.05, 3.63) is 211 Å². The van der Waals surface area contributed by atoms with Gasteiger partial charge in [-0.1, -0.05) is 172 Å². The SMILES string of the molecule is CC1(C)c2ccccc2-c2ccc(N(c3ccc(-c4ccccc4)cc3)c3cccc4oc5c6ccccc6c(-c6ccc(-c7ccccc7)cc6)cc5c34)cc21. The molecule has 0 N–H and O–H groups in total. The van der Waals surface area contributed by atoms with Gasteiger partial charge in [0.05, 0.1) is 11.1 Å². The van der Waals surface area contributed by atoms with Gasteiger partial charge >= 0.3 is 0 Å². The minimum absolute atomic E-state index is 0.136. The van der Waals surface area contributed by atoms with Gasteiger partial charge in [-0.2, -0.15) is 0 Å². The number of rotatable bonds is 6. The maximum atomic E-state index is 6.90. The molecule has 0 atom stereocenters. The van der Waals surface area contributed by atoms with Gasteiger partial charge in [-0.15, -0.1) is 0 Å². The summed E-state index contributed by atoms with van der Waals surface area (Å²) in [6.07, 6.45) is 0. The zero-order chi connectivity index (χ0) is 38.1. The topological polar surface area (TPSA) is 16.4 Å². The molecular weight excluding hydrogens is 691 g/mol. The predicted molar refractivity (Wildman–Crippen MR) is 240 cm³/mol. The fraction of sp³-hybridized carbons (Fsp3) is 0.0545. The van der Waals surface area contributed by atoms with E-state index in [0.717, 1.165) is 44.4 Å². The zero-order valence-electron chi connectivity index (χ0n) is 31.9. The van der Waals surface area contributed by atoms with Gasteiger partial charge in [0.2, 0.25) is 0 Å². The van der Waals surface area contributed by atoms with E-state index in [-0.39, 0.29) is 5.41 Å². The number of anilines is 3. The summed E-state index contributed by atoms with van der Waals surface area (Å²) >= 11 is 0. The monoisotopic (exact) mass is 729 g/mol. The van der Waals surface area contributed by atoms with Gasteiger partial charge in [0, 0.05) is 27.6 Å². The van der Waals surface area contributed by atoms with Crippen LogP contribution in [-0.2, 0) is 5.41 Å². The summed E-state index contributed by atoms with van der Waals surface area (Å²) in [5.41, 5.74) is 17.4. The Morgan fingerprint density at radius 2 is 0.947 bits per heavy atom. The molecule has 0 saturated carbocycles. The Morgan fingerprint density at radius 1 is 0.386 bits per heavy atom. The molecule has 9 aromatic carbocycles. The van der Waals surface area contributed by atoms with Crippen LogP contribution in [0.15, 0.2) is 205 Å². The van der Waals surface area contributed by atoms with E-state index in [1.807, 2.05) is 0 Å². The standard InChI is InChI=1S/C55H39NO/c1-55(2)49-21-12-11-19-44(49)45-33-32-42(34-50(45)55)56(41-30-28-39(29-31-41)37-16-7-4-8-17-37)51-22-13-23-52-53(51)48-35-47(43-18-9-10-20-46(43)54(48)57-52)40-26-24-38(25-27-40)36-14-5-3-6-15-36/h3-35H,1-2H3.